The van der Waals surface area contributed by atoms with Gasteiger partial charge in [-0.15, -0.1) is 10.2 Å². The normalized spacial score (nSPS) is 10.7. The van der Waals surface area contributed by atoms with Crippen LogP contribution < -0.4 is 9.47 Å². The lowest BCUT2D eigenvalue weighted by Gasteiger charge is -2.05. The molecule has 0 aliphatic rings. The van der Waals surface area contributed by atoms with Gasteiger partial charge in [0, 0.05) is 6.42 Å². The van der Waals surface area contributed by atoms with Gasteiger partial charge in [-0.25, -0.2) is 0 Å². The van der Waals surface area contributed by atoms with Crippen LogP contribution in [-0.4, -0.2) is 28.8 Å². The van der Waals surface area contributed by atoms with E-state index >= 15 is 0 Å². The highest BCUT2D eigenvalue weighted by atomic mass is 16.5. The van der Waals surface area contributed by atoms with Crippen LogP contribution in [0.5, 0.6) is 11.5 Å². The number of ether oxygens (including phenoxy) is 2. The Bertz CT molecular complexity index is 737. The molecule has 3 aromatic rings. The fourth-order valence-electron chi connectivity index (χ4n) is 2.13. The van der Waals surface area contributed by atoms with Gasteiger partial charge < -0.3 is 9.47 Å². The second-order valence-corrected chi connectivity index (χ2v) is 4.44. The second kappa shape index (κ2) is 5.21. The number of rotatable bonds is 4. The Kier molecular flexibility index (Phi) is 3.25. The molecule has 3 rings (SSSR count). The molecule has 1 aromatic carbocycles. The van der Waals surface area contributed by atoms with Crippen molar-refractivity contribution in [2.45, 2.75) is 6.42 Å². The molecule has 0 atom stereocenters. The molecule has 2 heterocycles. The summed E-state index contributed by atoms with van der Waals surface area (Å²) < 4.78 is 12.4. The van der Waals surface area contributed by atoms with Crippen molar-refractivity contribution >= 4 is 5.65 Å². The third kappa shape index (κ3) is 2.30. The average Bonchev–Trinajstić information content (AvgIpc) is 2.89. The van der Waals surface area contributed by atoms with Gasteiger partial charge in [-0.2, -0.15) is 0 Å². The highest BCUT2D eigenvalue weighted by Crippen LogP contribution is 2.18. The summed E-state index contributed by atoms with van der Waals surface area (Å²) in [6.45, 7) is 0. The van der Waals surface area contributed by atoms with Crippen molar-refractivity contribution in [3.05, 3.63) is 54.0 Å². The summed E-state index contributed by atoms with van der Waals surface area (Å²) in [6, 6.07) is 11.7. The number of nitrogens with zero attached hydrogens (tertiary/aromatic N) is 3. The van der Waals surface area contributed by atoms with Crippen molar-refractivity contribution < 1.29 is 9.47 Å². The summed E-state index contributed by atoms with van der Waals surface area (Å²) in [5.41, 5.74) is 1.94. The van der Waals surface area contributed by atoms with Crippen molar-refractivity contribution in [3.8, 4) is 11.5 Å². The summed E-state index contributed by atoms with van der Waals surface area (Å²) in [4.78, 5) is 0. The SMILES string of the molecule is COc1cccc(Cc2nnc3ccc(OC)cn23)c1. The predicted octanol–water partition coefficient (Wildman–Crippen LogP) is 2.34. The molecule has 0 N–H and O–H groups in total. The maximum atomic E-state index is 5.24. The average molecular weight is 269 g/mol. The first-order chi connectivity index (χ1) is 9.80. The van der Waals surface area contributed by atoms with E-state index in [1.807, 2.05) is 47.0 Å². The highest BCUT2D eigenvalue weighted by molar-refractivity contribution is 5.42. The van der Waals surface area contributed by atoms with Gasteiger partial charge in [-0.1, -0.05) is 12.1 Å². The molecule has 0 saturated carbocycles. The van der Waals surface area contributed by atoms with Crippen LogP contribution in [0.3, 0.4) is 0 Å². The standard InChI is InChI=1S/C15H15N3O2/c1-19-12-5-3-4-11(8-12)9-15-17-16-14-7-6-13(20-2)10-18(14)15/h3-8,10H,9H2,1-2H3. The van der Waals surface area contributed by atoms with Crippen molar-refractivity contribution in [1.29, 1.82) is 0 Å². The fourth-order valence-corrected chi connectivity index (χ4v) is 2.13. The zero-order valence-corrected chi connectivity index (χ0v) is 11.4. The number of fused-ring (bicyclic) bond motifs is 1. The van der Waals surface area contributed by atoms with Crippen molar-refractivity contribution in [2.75, 3.05) is 14.2 Å². The maximum absolute atomic E-state index is 5.24. The number of pyridine rings is 1. The van der Waals surface area contributed by atoms with Crippen LogP contribution in [0, 0.1) is 0 Å². The molecule has 0 radical (unpaired) electrons. The van der Waals surface area contributed by atoms with E-state index < -0.39 is 0 Å². The lowest BCUT2D eigenvalue weighted by molar-refractivity contribution is 0.412. The minimum Gasteiger partial charge on any atom is -0.497 e. The summed E-state index contributed by atoms with van der Waals surface area (Å²) in [6.07, 6.45) is 2.58. The van der Waals surface area contributed by atoms with E-state index in [9.17, 15) is 0 Å². The Hall–Kier alpha value is -2.56. The van der Waals surface area contributed by atoms with E-state index in [1.165, 1.54) is 0 Å². The van der Waals surface area contributed by atoms with Gasteiger partial charge in [0.25, 0.3) is 0 Å². The molecule has 20 heavy (non-hydrogen) atoms. The number of hydrogen-bond acceptors (Lipinski definition) is 4. The molecule has 0 spiro atoms. The Morgan fingerprint density at radius 3 is 2.65 bits per heavy atom. The number of aromatic nitrogens is 3. The molecule has 0 unspecified atom stereocenters. The maximum Gasteiger partial charge on any atom is 0.161 e. The van der Waals surface area contributed by atoms with Crippen LogP contribution >= 0.6 is 0 Å². The molecule has 0 saturated heterocycles. The molecule has 0 amide bonds. The molecule has 0 aliphatic carbocycles. The van der Waals surface area contributed by atoms with Gasteiger partial charge in [0.2, 0.25) is 0 Å². The van der Waals surface area contributed by atoms with Gasteiger partial charge in [-0.05, 0) is 29.8 Å². The van der Waals surface area contributed by atoms with Gasteiger partial charge in [0.05, 0.1) is 20.4 Å². The quantitative estimate of drug-likeness (QED) is 0.729. The predicted molar refractivity (Wildman–Crippen MR) is 75.3 cm³/mol. The van der Waals surface area contributed by atoms with Crippen LogP contribution in [0.25, 0.3) is 5.65 Å². The lowest BCUT2D eigenvalue weighted by atomic mass is 10.1. The fraction of sp³-hybridized carbons (Fsp3) is 0.200. The van der Waals surface area contributed by atoms with E-state index in [2.05, 4.69) is 10.2 Å². The molecule has 102 valence electrons. The number of hydrogen-bond donors (Lipinski definition) is 0. The zero-order valence-electron chi connectivity index (χ0n) is 11.4. The molecule has 5 heteroatoms. The minimum absolute atomic E-state index is 0.686. The van der Waals surface area contributed by atoms with Crippen LogP contribution in [0.2, 0.25) is 0 Å². The van der Waals surface area contributed by atoms with Crippen molar-refractivity contribution in [1.82, 2.24) is 14.6 Å². The van der Waals surface area contributed by atoms with Crippen LogP contribution in [0.15, 0.2) is 42.6 Å². The number of methoxy groups -OCH3 is 2. The van der Waals surface area contributed by atoms with Crippen molar-refractivity contribution in [2.24, 2.45) is 0 Å². The lowest BCUT2D eigenvalue weighted by Crippen LogP contribution is -1.97. The van der Waals surface area contributed by atoms with Gasteiger partial charge in [0.1, 0.15) is 17.3 Å². The summed E-state index contributed by atoms with van der Waals surface area (Å²) in [7, 11) is 3.31. The van der Waals surface area contributed by atoms with Crippen molar-refractivity contribution in [3.63, 3.8) is 0 Å². The van der Waals surface area contributed by atoms with Crippen LogP contribution in [0.4, 0.5) is 0 Å². The smallest absolute Gasteiger partial charge is 0.161 e. The van der Waals surface area contributed by atoms with Crippen LogP contribution in [0.1, 0.15) is 11.4 Å². The first kappa shape index (κ1) is 12.5. The van der Waals surface area contributed by atoms with E-state index in [0.29, 0.717) is 6.42 Å². The Labute approximate surface area is 116 Å². The molecular formula is C15H15N3O2. The molecule has 0 aliphatic heterocycles. The van der Waals surface area contributed by atoms with E-state index in [1.54, 1.807) is 14.2 Å². The minimum atomic E-state index is 0.686. The van der Waals surface area contributed by atoms with Gasteiger partial charge >= 0.3 is 0 Å². The van der Waals surface area contributed by atoms with Crippen LogP contribution in [-0.2, 0) is 6.42 Å². The molecule has 0 fully saturated rings. The first-order valence-electron chi connectivity index (χ1n) is 6.31. The molecule has 0 bridgehead atoms. The Morgan fingerprint density at radius 2 is 1.85 bits per heavy atom. The number of benzene rings is 1. The summed E-state index contributed by atoms with van der Waals surface area (Å²) in [5.74, 6) is 2.49. The summed E-state index contributed by atoms with van der Waals surface area (Å²) in [5, 5.41) is 8.40. The van der Waals surface area contributed by atoms with Gasteiger partial charge in [0.15, 0.2) is 5.65 Å². The monoisotopic (exact) mass is 269 g/mol. The third-order valence-corrected chi connectivity index (χ3v) is 3.18. The largest absolute Gasteiger partial charge is 0.497 e. The Morgan fingerprint density at radius 1 is 1.00 bits per heavy atom. The van der Waals surface area contributed by atoms with E-state index in [-0.39, 0.29) is 0 Å². The van der Waals surface area contributed by atoms with E-state index in [4.69, 9.17) is 9.47 Å². The van der Waals surface area contributed by atoms with Gasteiger partial charge in [-0.3, -0.25) is 4.40 Å². The summed E-state index contributed by atoms with van der Waals surface area (Å²) >= 11 is 0. The first-order valence-corrected chi connectivity index (χ1v) is 6.31. The molecule has 5 nitrogen and oxygen atoms in total. The molecule has 2 aromatic heterocycles. The topological polar surface area (TPSA) is 48.7 Å². The Balaban J connectivity index is 1.97. The third-order valence-electron chi connectivity index (χ3n) is 3.18. The highest BCUT2D eigenvalue weighted by Gasteiger charge is 2.08. The van der Waals surface area contributed by atoms with E-state index in [0.717, 1.165) is 28.5 Å². The molecular weight excluding hydrogens is 254 g/mol. The second-order valence-electron chi connectivity index (χ2n) is 4.44. The zero-order chi connectivity index (χ0) is 13.9.